The summed E-state index contributed by atoms with van der Waals surface area (Å²) in [7, 11) is 0. The molecule has 2 aromatic rings. The molecule has 0 amide bonds. The number of hydrogen-bond acceptors (Lipinski definition) is 4. The summed E-state index contributed by atoms with van der Waals surface area (Å²) in [4.78, 5) is 0. The lowest BCUT2D eigenvalue weighted by atomic mass is 10.1. The van der Waals surface area contributed by atoms with Crippen molar-refractivity contribution in [1.82, 2.24) is 15.5 Å². The molecule has 0 bridgehead atoms. The zero-order valence-corrected chi connectivity index (χ0v) is 12.1. The van der Waals surface area contributed by atoms with E-state index < -0.39 is 0 Å². The smallest absolute Gasteiger partial charge is 0.148 e. The van der Waals surface area contributed by atoms with E-state index in [1.54, 1.807) is 11.3 Å². The van der Waals surface area contributed by atoms with Crippen molar-refractivity contribution in [1.29, 1.82) is 0 Å². The number of rotatable bonds is 5. The standard InChI is InChI=1S/C13H16ClN3S/c1-3-15-7-6-12-16-17-13(18-12)11-8-10(14)5-4-9(11)2/h4-5,8,15H,3,6-7H2,1-2H3. The summed E-state index contributed by atoms with van der Waals surface area (Å²) >= 11 is 7.66. The van der Waals surface area contributed by atoms with Gasteiger partial charge < -0.3 is 5.32 Å². The molecule has 0 aliphatic rings. The normalized spacial score (nSPS) is 10.8. The quantitative estimate of drug-likeness (QED) is 0.855. The van der Waals surface area contributed by atoms with Crippen molar-refractivity contribution >= 4 is 22.9 Å². The van der Waals surface area contributed by atoms with Gasteiger partial charge in [0.2, 0.25) is 0 Å². The van der Waals surface area contributed by atoms with Gasteiger partial charge in [0.05, 0.1) is 0 Å². The lowest BCUT2D eigenvalue weighted by Gasteiger charge is -2.01. The summed E-state index contributed by atoms with van der Waals surface area (Å²) in [5, 5.41) is 14.5. The summed E-state index contributed by atoms with van der Waals surface area (Å²) in [6, 6.07) is 5.86. The van der Waals surface area contributed by atoms with Gasteiger partial charge in [-0.2, -0.15) is 0 Å². The van der Waals surface area contributed by atoms with Crippen LogP contribution >= 0.6 is 22.9 Å². The Bertz CT molecular complexity index is 525. The van der Waals surface area contributed by atoms with Crippen LogP contribution in [0.25, 0.3) is 10.6 Å². The molecule has 96 valence electrons. The Morgan fingerprint density at radius 3 is 2.94 bits per heavy atom. The van der Waals surface area contributed by atoms with Gasteiger partial charge in [-0.25, -0.2) is 0 Å². The second kappa shape index (κ2) is 6.27. The Labute approximate surface area is 116 Å². The molecule has 1 N–H and O–H groups in total. The van der Waals surface area contributed by atoms with Crippen molar-refractivity contribution < 1.29 is 0 Å². The van der Waals surface area contributed by atoms with E-state index in [1.807, 2.05) is 18.2 Å². The van der Waals surface area contributed by atoms with Crippen LogP contribution in [0.15, 0.2) is 18.2 Å². The number of likely N-dealkylation sites (N-methyl/N-ethyl adjacent to an activating group) is 1. The highest BCUT2D eigenvalue weighted by atomic mass is 35.5. The molecule has 0 saturated heterocycles. The van der Waals surface area contributed by atoms with Crippen molar-refractivity contribution in [3.05, 3.63) is 33.8 Å². The molecule has 0 atom stereocenters. The molecule has 1 aromatic heterocycles. The van der Waals surface area contributed by atoms with E-state index in [-0.39, 0.29) is 0 Å². The molecular formula is C13H16ClN3S. The SMILES string of the molecule is CCNCCc1nnc(-c2cc(Cl)ccc2C)s1. The monoisotopic (exact) mass is 281 g/mol. The van der Waals surface area contributed by atoms with Crippen LogP contribution in [-0.4, -0.2) is 23.3 Å². The Hall–Kier alpha value is -0.970. The first-order valence-electron chi connectivity index (χ1n) is 6.00. The Morgan fingerprint density at radius 1 is 1.33 bits per heavy atom. The molecule has 0 fully saturated rings. The lowest BCUT2D eigenvalue weighted by molar-refractivity contribution is 0.710. The van der Waals surface area contributed by atoms with Gasteiger partial charge in [0.1, 0.15) is 10.0 Å². The molecule has 0 radical (unpaired) electrons. The topological polar surface area (TPSA) is 37.8 Å². The van der Waals surface area contributed by atoms with E-state index in [4.69, 9.17) is 11.6 Å². The van der Waals surface area contributed by atoms with E-state index >= 15 is 0 Å². The van der Waals surface area contributed by atoms with E-state index in [1.165, 1.54) is 5.56 Å². The van der Waals surface area contributed by atoms with Crippen LogP contribution in [0.2, 0.25) is 5.02 Å². The molecule has 5 heteroatoms. The van der Waals surface area contributed by atoms with E-state index in [9.17, 15) is 0 Å². The van der Waals surface area contributed by atoms with Crippen molar-refractivity contribution in [2.75, 3.05) is 13.1 Å². The van der Waals surface area contributed by atoms with Crippen LogP contribution in [0.3, 0.4) is 0 Å². The van der Waals surface area contributed by atoms with Gasteiger partial charge in [0.15, 0.2) is 0 Å². The molecule has 1 aromatic carbocycles. The first-order valence-corrected chi connectivity index (χ1v) is 7.19. The largest absolute Gasteiger partial charge is 0.317 e. The maximum Gasteiger partial charge on any atom is 0.148 e. The average Bonchev–Trinajstić information content (AvgIpc) is 2.81. The van der Waals surface area contributed by atoms with Gasteiger partial charge in [0, 0.05) is 23.6 Å². The highest BCUT2D eigenvalue weighted by molar-refractivity contribution is 7.14. The minimum Gasteiger partial charge on any atom is -0.317 e. The molecule has 0 unspecified atom stereocenters. The average molecular weight is 282 g/mol. The van der Waals surface area contributed by atoms with Crippen molar-refractivity contribution in [2.24, 2.45) is 0 Å². The van der Waals surface area contributed by atoms with Crippen LogP contribution in [-0.2, 0) is 6.42 Å². The molecule has 18 heavy (non-hydrogen) atoms. The molecule has 0 aliphatic heterocycles. The number of hydrogen-bond donors (Lipinski definition) is 1. The van der Waals surface area contributed by atoms with E-state index in [0.717, 1.165) is 40.1 Å². The van der Waals surface area contributed by atoms with Crippen LogP contribution in [0.4, 0.5) is 0 Å². The van der Waals surface area contributed by atoms with Gasteiger partial charge in [-0.05, 0) is 31.2 Å². The number of nitrogens with zero attached hydrogens (tertiary/aromatic N) is 2. The van der Waals surface area contributed by atoms with Crippen LogP contribution < -0.4 is 5.32 Å². The van der Waals surface area contributed by atoms with Gasteiger partial charge in [-0.1, -0.05) is 35.9 Å². The molecule has 0 saturated carbocycles. The fraction of sp³-hybridized carbons (Fsp3) is 0.385. The summed E-state index contributed by atoms with van der Waals surface area (Å²) in [5.41, 5.74) is 2.25. The van der Waals surface area contributed by atoms with Crippen LogP contribution in [0.5, 0.6) is 0 Å². The molecular weight excluding hydrogens is 266 g/mol. The molecule has 0 aliphatic carbocycles. The Kier molecular flexibility index (Phi) is 4.69. The third-order valence-electron chi connectivity index (χ3n) is 2.66. The van der Waals surface area contributed by atoms with Crippen molar-refractivity contribution in [3.63, 3.8) is 0 Å². The Balaban J connectivity index is 2.16. The van der Waals surface area contributed by atoms with Gasteiger partial charge in [-0.3, -0.25) is 0 Å². The minimum atomic E-state index is 0.736. The number of halogens is 1. The lowest BCUT2D eigenvalue weighted by Crippen LogP contribution is -2.15. The fourth-order valence-corrected chi connectivity index (χ4v) is 2.75. The maximum absolute atomic E-state index is 6.02. The summed E-state index contributed by atoms with van der Waals surface area (Å²) < 4.78 is 0. The number of benzene rings is 1. The predicted molar refractivity (Wildman–Crippen MR) is 77.3 cm³/mol. The maximum atomic E-state index is 6.02. The van der Waals surface area contributed by atoms with Crippen LogP contribution in [0, 0.1) is 6.92 Å². The van der Waals surface area contributed by atoms with Gasteiger partial charge in [0.25, 0.3) is 0 Å². The highest BCUT2D eigenvalue weighted by Crippen LogP contribution is 2.29. The highest BCUT2D eigenvalue weighted by Gasteiger charge is 2.09. The number of nitrogens with one attached hydrogen (secondary N) is 1. The van der Waals surface area contributed by atoms with Gasteiger partial charge in [-0.15, -0.1) is 10.2 Å². The van der Waals surface area contributed by atoms with E-state index in [2.05, 4.69) is 29.4 Å². The van der Waals surface area contributed by atoms with Crippen molar-refractivity contribution in [3.8, 4) is 10.6 Å². The van der Waals surface area contributed by atoms with E-state index in [0.29, 0.717) is 0 Å². The predicted octanol–water partition coefficient (Wildman–Crippen LogP) is 3.32. The molecule has 1 heterocycles. The third-order valence-corrected chi connectivity index (χ3v) is 3.91. The fourth-order valence-electron chi connectivity index (χ4n) is 1.66. The molecule has 2 rings (SSSR count). The zero-order chi connectivity index (χ0) is 13.0. The summed E-state index contributed by atoms with van der Waals surface area (Å²) in [6.07, 6.45) is 0.922. The second-order valence-electron chi connectivity index (χ2n) is 4.06. The first kappa shape index (κ1) is 13.5. The molecule has 3 nitrogen and oxygen atoms in total. The van der Waals surface area contributed by atoms with Gasteiger partial charge >= 0.3 is 0 Å². The van der Waals surface area contributed by atoms with Crippen LogP contribution in [0.1, 0.15) is 17.5 Å². The zero-order valence-electron chi connectivity index (χ0n) is 10.5. The Morgan fingerprint density at radius 2 is 2.17 bits per heavy atom. The second-order valence-corrected chi connectivity index (χ2v) is 5.56. The number of aryl methyl sites for hydroxylation is 1. The minimum absolute atomic E-state index is 0.736. The molecule has 0 spiro atoms. The summed E-state index contributed by atoms with van der Waals surface area (Å²) in [6.45, 7) is 6.09. The number of aromatic nitrogens is 2. The first-order chi connectivity index (χ1) is 8.70. The third kappa shape index (κ3) is 3.28. The van der Waals surface area contributed by atoms with Crippen molar-refractivity contribution in [2.45, 2.75) is 20.3 Å². The summed E-state index contributed by atoms with van der Waals surface area (Å²) in [5.74, 6) is 0.